The van der Waals surface area contributed by atoms with E-state index in [1.165, 1.54) is 44.6 Å². The fourth-order valence-electron chi connectivity index (χ4n) is 12.3. The van der Waals surface area contributed by atoms with Gasteiger partial charge in [-0.2, -0.15) is 0 Å². The molecule has 6 aromatic rings. The van der Waals surface area contributed by atoms with E-state index in [0.29, 0.717) is 111 Å². The molecule has 25 heteroatoms. The second-order valence-corrected chi connectivity index (χ2v) is 20.7. The van der Waals surface area contributed by atoms with Crippen LogP contribution >= 0.6 is 0 Å². The number of ketones is 2. The highest BCUT2D eigenvalue weighted by molar-refractivity contribution is 6.13. The van der Waals surface area contributed by atoms with Gasteiger partial charge >= 0.3 is 11.9 Å². The molecular weight excluding hydrogens is 1020 g/mol. The maximum Gasteiger partial charge on any atom is 0.340 e. The number of anilines is 4. The summed E-state index contributed by atoms with van der Waals surface area (Å²) in [5.41, 5.74) is 4.73. The molecule has 6 aliphatic rings. The molecule has 0 unspecified atom stereocenters. The molecular formula is C54H53N15O10. The van der Waals surface area contributed by atoms with Crippen LogP contribution in [0.4, 0.5) is 23.1 Å². The molecule has 2 spiro atoms. The first-order chi connectivity index (χ1) is 37.7. The van der Waals surface area contributed by atoms with Crippen molar-refractivity contribution in [2.75, 3.05) is 55.2 Å². The number of methoxy groups -OCH3 is 2. The summed E-state index contributed by atoms with van der Waals surface area (Å²) in [7, 11) is 9.43. The summed E-state index contributed by atoms with van der Waals surface area (Å²) in [5, 5.41) is 11.8. The van der Waals surface area contributed by atoms with Crippen molar-refractivity contribution < 1.29 is 47.8 Å². The molecule has 2 saturated heterocycles. The molecule has 6 aromatic heterocycles. The predicted octanol–water partition coefficient (Wildman–Crippen LogP) is 3.84. The van der Waals surface area contributed by atoms with Crippen molar-refractivity contribution in [3.05, 3.63) is 135 Å². The Kier molecular flexibility index (Phi) is 11.3. The number of ether oxygens (including phenoxy) is 2. The molecule has 4 fully saturated rings. The van der Waals surface area contributed by atoms with Gasteiger partial charge in [-0.05, 0) is 56.7 Å². The lowest BCUT2D eigenvalue weighted by molar-refractivity contribution is -0.124. The van der Waals surface area contributed by atoms with E-state index < -0.39 is 34.6 Å². The molecule has 4 aliphatic carbocycles. The van der Waals surface area contributed by atoms with Gasteiger partial charge in [-0.15, -0.1) is 0 Å². The standard InChI is InChI=1S/C54H53N15O10/c1-25-41(51(76)78-7)43-45(57-25)31(70)14-33-53(43)16-27(53)18-68(33)39(72)11-9-30-13-29(20-64(30)3)59-49(74)47-61-35(21-66(47)5)55-24-56-36-22-67(6)48(62-36)50(75)63-37-23-65(4)38(60-37)10-12-40(73)69-19-28-17-54(28)34(69)15-32(71)46-44(54)42(26(2)58-46)52(77)79-8/h9-15,20-23,27-28,55-58H,16-19,24H2,1-8H3,(H,59,74)(H,63,75)/b11-9+,12-10+/t27-,28-,53+,54+/m1/s1. The number of likely N-dealkylation sites (tertiary alicyclic amines) is 2. The number of aryl methyl sites for hydroxylation is 6. The summed E-state index contributed by atoms with van der Waals surface area (Å²) in [6.45, 7) is 4.36. The molecule has 12 rings (SSSR count). The van der Waals surface area contributed by atoms with Gasteiger partial charge in [0.05, 0.1) is 49.1 Å². The molecule has 0 aromatic carbocycles. The highest BCUT2D eigenvalue weighted by atomic mass is 16.5. The molecule has 6 N–H and O–H groups in total. The van der Waals surface area contributed by atoms with Gasteiger partial charge in [0, 0.05) is 141 Å². The van der Waals surface area contributed by atoms with Gasteiger partial charge in [0.1, 0.15) is 17.5 Å². The Bertz CT molecular complexity index is 3640. The van der Waals surface area contributed by atoms with Crippen molar-refractivity contribution in [2.45, 2.75) is 37.5 Å². The topological polar surface area (TPSA) is 300 Å². The summed E-state index contributed by atoms with van der Waals surface area (Å²) >= 11 is 0. The van der Waals surface area contributed by atoms with Crippen LogP contribution in [0.3, 0.4) is 0 Å². The van der Waals surface area contributed by atoms with E-state index >= 15 is 0 Å². The number of aromatic amines is 2. The van der Waals surface area contributed by atoms with Crippen LogP contribution in [0, 0.1) is 25.7 Å². The van der Waals surface area contributed by atoms with Gasteiger partial charge in [0.15, 0.2) is 5.82 Å². The van der Waals surface area contributed by atoms with Crippen molar-refractivity contribution in [1.29, 1.82) is 0 Å². The van der Waals surface area contributed by atoms with Gasteiger partial charge in [-0.1, -0.05) is 0 Å². The monoisotopic (exact) mass is 1070 g/mol. The number of carbonyl (C=O) groups excluding carboxylic acids is 8. The Morgan fingerprint density at radius 3 is 1.63 bits per heavy atom. The third kappa shape index (κ3) is 7.76. The highest BCUT2D eigenvalue weighted by Crippen LogP contribution is 2.68. The summed E-state index contributed by atoms with van der Waals surface area (Å²) < 4.78 is 16.6. The van der Waals surface area contributed by atoms with Gasteiger partial charge < -0.3 is 68.8 Å². The Morgan fingerprint density at radius 1 is 0.646 bits per heavy atom. The molecule has 0 bridgehead atoms. The van der Waals surface area contributed by atoms with Crippen LogP contribution in [0.2, 0.25) is 0 Å². The fraction of sp³-hybridized carbons (Fsp3) is 0.315. The van der Waals surface area contributed by atoms with Crippen molar-refractivity contribution in [2.24, 2.45) is 40.0 Å². The number of amides is 4. The van der Waals surface area contributed by atoms with Crippen LogP contribution in [0.25, 0.3) is 12.2 Å². The van der Waals surface area contributed by atoms with Gasteiger partial charge in [0.2, 0.25) is 23.2 Å². The third-order valence-corrected chi connectivity index (χ3v) is 16.0. The molecule has 404 valence electrons. The smallest absolute Gasteiger partial charge is 0.340 e. The highest BCUT2D eigenvalue weighted by Gasteiger charge is 2.70. The van der Waals surface area contributed by atoms with E-state index in [-0.39, 0.29) is 59.4 Å². The molecule has 79 heavy (non-hydrogen) atoms. The minimum atomic E-state index is -0.621. The second-order valence-electron chi connectivity index (χ2n) is 20.7. The lowest BCUT2D eigenvalue weighted by Gasteiger charge is -2.27. The van der Waals surface area contributed by atoms with Crippen molar-refractivity contribution in [3.8, 4) is 0 Å². The van der Waals surface area contributed by atoms with Gasteiger partial charge in [-0.3, -0.25) is 28.8 Å². The predicted molar refractivity (Wildman–Crippen MR) is 283 cm³/mol. The number of hydrogen-bond acceptors (Lipinski definition) is 15. The molecule has 4 amide bonds. The molecule has 2 aliphatic heterocycles. The summed E-state index contributed by atoms with van der Waals surface area (Å²) in [6, 6.07) is 1.71. The number of carbonyl (C=O) groups is 8. The first-order valence-electron chi connectivity index (χ1n) is 25.3. The number of imidazole rings is 3. The Balaban J connectivity index is 0.630. The molecule has 0 radical (unpaired) electrons. The van der Waals surface area contributed by atoms with Crippen molar-refractivity contribution in [1.82, 2.24) is 53.0 Å². The van der Waals surface area contributed by atoms with Crippen LogP contribution in [-0.2, 0) is 58.1 Å². The third-order valence-electron chi connectivity index (χ3n) is 16.0. The summed E-state index contributed by atoms with van der Waals surface area (Å²) in [6.07, 6.45) is 16.9. The maximum atomic E-state index is 13.7. The van der Waals surface area contributed by atoms with Gasteiger partial charge in [-0.25, -0.2) is 24.5 Å². The zero-order valence-corrected chi connectivity index (χ0v) is 44.1. The van der Waals surface area contributed by atoms with Crippen molar-refractivity contribution in [3.63, 3.8) is 0 Å². The first-order valence-corrected chi connectivity index (χ1v) is 25.3. The molecule has 2 saturated carbocycles. The van der Waals surface area contributed by atoms with E-state index in [0.717, 1.165) is 0 Å². The number of piperidine rings is 2. The summed E-state index contributed by atoms with van der Waals surface area (Å²) in [4.78, 5) is 129. The normalized spacial score (nSPS) is 21.0. The molecule has 25 nitrogen and oxygen atoms in total. The lowest BCUT2D eigenvalue weighted by atomic mass is 9.82. The Labute approximate surface area is 449 Å². The molecule has 4 atom stereocenters. The van der Waals surface area contributed by atoms with Crippen LogP contribution in [-0.4, -0.2) is 134 Å². The first kappa shape index (κ1) is 50.0. The van der Waals surface area contributed by atoms with Crippen molar-refractivity contribution >= 4 is 82.4 Å². The Hall–Kier alpha value is -9.81. The minimum absolute atomic E-state index is 0.0422. The number of allylic oxidation sites excluding steroid dienone is 4. The average Bonchev–Trinajstić information content (AvgIpc) is 1.91. The lowest BCUT2D eigenvalue weighted by Crippen LogP contribution is -2.33. The number of rotatable bonds is 14. The number of nitrogens with zero attached hydrogens (tertiary/aromatic N) is 9. The number of nitrogens with one attached hydrogen (secondary N) is 6. The SMILES string of the molecule is COC(=O)c1c(C)[nH]c2c1[C@@]13C[C@@H]1CN(C(=O)/C=C/c1cc(NC(=O)c4nc(NCNc5cn(C)c(C(=O)Nc6cn(C)c(/C=C/C(=O)N7C[C@H]8C[C@@]89C7=CC(=O)c7[nH]c(C)c(C(=O)OC)c79)n6)n5)cn4C)cn1C)C3=CC2=O. The van der Waals surface area contributed by atoms with E-state index in [2.05, 4.69) is 46.2 Å². The van der Waals surface area contributed by atoms with Gasteiger partial charge in [0.25, 0.3) is 23.6 Å². The maximum absolute atomic E-state index is 13.7. The largest absolute Gasteiger partial charge is 0.465 e. The van der Waals surface area contributed by atoms with Crippen LogP contribution < -0.4 is 21.3 Å². The number of H-pyrrole nitrogens is 2. The second kappa shape index (κ2) is 17.9. The molecule has 8 heterocycles. The van der Waals surface area contributed by atoms with Crippen LogP contribution in [0.15, 0.2) is 66.6 Å². The van der Waals surface area contributed by atoms with Crippen LogP contribution in [0.5, 0.6) is 0 Å². The average molecular weight is 1070 g/mol. The van der Waals surface area contributed by atoms with E-state index in [1.807, 2.05) is 0 Å². The van der Waals surface area contributed by atoms with E-state index in [4.69, 9.17) is 9.47 Å². The minimum Gasteiger partial charge on any atom is -0.465 e. The quantitative estimate of drug-likeness (QED) is 0.0513. The number of fused-ring (bicyclic) bond motifs is 2. The summed E-state index contributed by atoms with van der Waals surface area (Å²) in [5.74, 6) is -1.75. The van der Waals surface area contributed by atoms with E-state index in [9.17, 15) is 38.4 Å². The zero-order valence-electron chi connectivity index (χ0n) is 44.1. The zero-order chi connectivity index (χ0) is 55.7. The number of esters is 2. The number of hydrogen-bond donors (Lipinski definition) is 6. The fourth-order valence-corrected chi connectivity index (χ4v) is 12.3. The van der Waals surface area contributed by atoms with Crippen LogP contribution in [0.1, 0.15) is 110 Å². The Morgan fingerprint density at radius 2 is 1.13 bits per heavy atom. The number of aromatic nitrogens is 9. The van der Waals surface area contributed by atoms with E-state index in [1.54, 1.807) is 107 Å².